The Bertz CT molecular complexity index is 936. The zero-order valence-corrected chi connectivity index (χ0v) is 19.5. The van der Waals surface area contributed by atoms with Gasteiger partial charge in [0.1, 0.15) is 0 Å². The van der Waals surface area contributed by atoms with Gasteiger partial charge in [0.05, 0.1) is 0 Å². The van der Waals surface area contributed by atoms with Crippen molar-refractivity contribution in [2.75, 3.05) is 7.05 Å². The molecule has 1 aliphatic heterocycles. The Hall–Kier alpha value is -2.01. The first-order valence-corrected chi connectivity index (χ1v) is 12.4. The van der Waals surface area contributed by atoms with E-state index in [1.54, 1.807) is 0 Å². The number of rotatable bonds is 2. The summed E-state index contributed by atoms with van der Waals surface area (Å²) in [6.07, 6.45) is 12.5. The van der Waals surface area contributed by atoms with Gasteiger partial charge in [0.25, 0.3) is 0 Å². The van der Waals surface area contributed by atoms with Crippen molar-refractivity contribution < 1.29 is 4.79 Å². The quantitative estimate of drug-likeness (QED) is 0.541. The summed E-state index contributed by atoms with van der Waals surface area (Å²) in [4.78, 5) is 14.4. The number of amides is 1. The molecule has 5 rings (SSSR count). The summed E-state index contributed by atoms with van der Waals surface area (Å²) in [5, 5.41) is 0. The van der Waals surface area contributed by atoms with Crippen LogP contribution in [0.5, 0.6) is 0 Å². The van der Waals surface area contributed by atoms with Crippen molar-refractivity contribution in [3.63, 3.8) is 0 Å². The number of allylic oxidation sites excluding steroid dienone is 2. The average molecular weight is 416 g/mol. The highest BCUT2D eigenvalue weighted by atomic mass is 16.2. The van der Waals surface area contributed by atoms with Crippen molar-refractivity contribution in [2.45, 2.75) is 77.7 Å². The van der Waals surface area contributed by atoms with Gasteiger partial charge in [-0.15, -0.1) is 0 Å². The van der Waals surface area contributed by atoms with Gasteiger partial charge in [-0.2, -0.15) is 0 Å². The fraction of sp³-hybridized carbons (Fsp3) is 0.621. The van der Waals surface area contributed by atoms with Crippen LogP contribution in [0, 0.1) is 40.4 Å². The fourth-order valence-electron chi connectivity index (χ4n) is 7.92. The summed E-state index contributed by atoms with van der Waals surface area (Å²) in [6.45, 7) is 5.01. The Balaban J connectivity index is 1.29. The molecule has 0 N–H and O–H groups in total. The third-order valence-corrected chi connectivity index (χ3v) is 9.74. The van der Waals surface area contributed by atoms with Gasteiger partial charge in [-0.1, -0.05) is 62.1 Å². The fourth-order valence-corrected chi connectivity index (χ4v) is 7.92. The second-order valence-electron chi connectivity index (χ2n) is 11.1. The lowest BCUT2D eigenvalue weighted by Gasteiger charge is -2.61. The largest absolute Gasteiger partial charge is 0.342 e. The number of nitrogens with zero attached hydrogens (tertiary/aromatic N) is 1. The van der Waals surface area contributed by atoms with E-state index in [1.165, 1.54) is 43.2 Å². The van der Waals surface area contributed by atoms with E-state index in [0.29, 0.717) is 17.4 Å². The van der Waals surface area contributed by atoms with Crippen molar-refractivity contribution in [1.29, 1.82) is 0 Å². The van der Waals surface area contributed by atoms with Crippen LogP contribution < -0.4 is 0 Å². The lowest BCUT2D eigenvalue weighted by Crippen LogP contribution is -2.61. The standard InChI is InChI=1S/C29H37NO/c1-28-19-17-25-23(14-16-26-29(25,2)20-18-27(31)30(26)3)24(28)15-13-22(28)12-8-7-11-21-9-5-4-6-10-21/h4-6,9-10,13,23-26H,7,11,14-20H2,1-3H3/t23?,24?,25?,26-,28?,29?/m1/s1. The minimum absolute atomic E-state index is 0.264. The number of hydrogen-bond acceptors (Lipinski definition) is 1. The lowest BCUT2D eigenvalue weighted by atomic mass is 9.47. The van der Waals surface area contributed by atoms with Gasteiger partial charge in [-0.25, -0.2) is 0 Å². The number of likely N-dealkylation sites (tertiary alicyclic amines) is 1. The molecule has 5 unspecified atom stereocenters. The molecular weight excluding hydrogens is 378 g/mol. The van der Waals surface area contributed by atoms with E-state index in [2.05, 4.69) is 74.0 Å². The Morgan fingerprint density at radius 3 is 2.68 bits per heavy atom. The number of piperidine rings is 1. The number of fused-ring (bicyclic) bond motifs is 5. The van der Waals surface area contributed by atoms with Gasteiger partial charge in [-0.3, -0.25) is 4.79 Å². The zero-order chi connectivity index (χ0) is 21.6. The van der Waals surface area contributed by atoms with Crippen molar-refractivity contribution >= 4 is 5.91 Å². The predicted molar refractivity (Wildman–Crippen MR) is 126 cm³/mol. The number of hydrogen-bond donors (Lipinski definition) is 0. The molecule has 1 amide bonds. The molecule has 0 bridgehead atoms. The molecule has 2 heteroatoms. The first-order valence-electron chi connectivity index (χ1n) is 12.4. The first kappa shape index (κ1) is 20.9. The van der Waals surface area contributed by atoms with E-state index in [-0.39, 0.29) is 5.41 Å². The molecule has 1 aromatic rings. The van der Waals surface area contributed by atoms with Crippen molar-refractivity contribution in [3.8, 4) is 11.8 Å². The smallest absolute Gasteiger partial charge is 0.222 e. The molecule has 1 heterocycles. The van der Waals surface area contributed by atoms with Crippen LogP contribution in [0.4, 0.5) is 0 Å². The van der Waals surface area contributed by atoms with Crippen molar-refractivity contribution in [3.05, 3.63) is 47.5 Å². The van der Waals surface area contributed by atoms with Crippen LogP contribution >= 0.6 is 0 Å². The maximum absolute atomic E-state index is 12.3. The molecule has 1 aromatic carbocycles. The highest BCUT2D eigenvalue weighted by Gasteiger charge is 2.59. The molecule has 2 saturated carbocycles. The summed E-state index contributed by atoms with van der Waals surface area (Å²) >= 11 is 0. The maximum Gasteiger partial charge on any atom is 0.222 e. The van der Waals surface area contributed by atoms with Gasteiger partial charge < -0.3 is 4.90 Å². The molecule has 0 radical (unpaired) electrons. The second-order valence-corrected chi connectivity index (χ2v) is 11.1. The highest BCUT2D eigenvalue weighted by Crippen LogP contribution is 2.64. The summed E-state index contributed by atoms with van der Waals surface area (Å²) in [7, 11) is 2.05. The van der Waals surface area contributed by atoms with Crippen LogP contribution in [-0.2, 0) is 11.2 Å². The van der Waals surface area contributed by atoms with E-state index in [9.17, 15) is 4.79 Å². The van der Waals surface area contributed by atoms with E-state index in [4.69, 9.17) is 0 Å². The number of benzene rings is 1. The molecule has 3 fully saturated rings. The monoisotopic (exact) mass is 415 g/mol. The molecule has 6 atom stereocenters. The van der Waals surface area contributed by atoms with Gasteiger partial charge >= 0.3 is 0 Å². The average Bonchev–Trinajstić information content (AvgIpc) is 3.11. The maximum atomic E-state index is 12.3. The van der Waals surface area contributed by atoms with E-state index in [0.717, 1.165) is 43.4 Å². The first-order chi connectivity index (χ1) is 14.9. The summed E-state index contributed by atoms with van der Waals surface area (Å²) in [5.74, 6) is 9.79. The van der Waals surface area contributed by atoms with Gasteiger partial charge in [0.2, 0.25) is 5.91 Å². The van der Waals surface area contributed by atoms with Crippen LogP contribution in [0.2, 0.25) is 0 Å². The van der Waals surface area contributed by atoms with Crippen LogP contribution in [0.15, 0.2) is 42.0 Å². The predicted octanol–water partition coefficient (Wildman–Crippen LogP) is 6.02. The van der Waals surface area contributed by atoms with Crippen LogP contribution in [0.25, 0.3) is 0 Å². The molecule has 4 aliphatic rings. The van der Waals surface area contributed by atoms with Crippen LogP contribution in [0.1, 0.15) is 70.8 Å². The van der Waals surface area contributed by atoms with E-state index >= 15 is 0 Å². The third-order valence-electron chi connectivity index (χ3n) is 9.74. The SMILES string of the molecule is CN1C(=O)CCC2(C)C3CCC4(C)C(C#CCCc5ccccc5)=CCC4C3CC[C@@H]12. The molecule has 0 spiro atoms. The van der Waals surface area contributed by atoms with Crippen molar-refractivity contribution in [2.24, 2.45) is 28.6 Å². The van der Waals surface area contributed by atoms with Gasteiger partial charge in [-0.05, 0) is 73.7 Å². The molecule has 3 aliphatic carbocycles. The molecule has 1 saturated heterocycles. The molecule has 0 aromatic heterocycles. The zero-order valence-electron chi connectivity index (χ0n) is 19.5. The molecule has 164 valence electrons. The van der Waals surface area contributed by atoms with Crippen molar-refractivity contribution in [1.82, 2.24) is 4.90 Å². The minimum Gasteiger partial charge on any atom is -0.342 e. The number of carbonyl (C=O) groups is 1. The van der Waals surface area contributed by atoms with E-state index in [1.807, 2.05) is 0 Å². The molecule has 31 heavy (non-hydrogen) atoms. The normalized spacial score (nSPS) is 39.0. The Morgan fingerprint density at radius 1 is 1.06 bits per heavy atom. The second kappa shape index (κ2) is 7.84. The third kappa shape index (κ3) is 3.36. The summed E-state index contributed by atoms with van der Waals surface area (Å²) in [5.41, 5.74) is 3.37. The Labute approximate surface area is 188 Å². The lowest BCUT2D eigenvalue weighted by molar-refractivity contribution is -0.156. The topological polar surface area (TPSA) is 20.3 Å². The van der Waals surface area contributed by atoms with Gasteiger partial charge in [0.15, 0.2) is 0 Å². The number of carbonyl (C=O) groups excluding carboxylic acids is 1. The molecular formula is C29H37NO. The Kier molecular flexibility index (Phi) is 5.28. The van der Waals surface area contributed by atoms with Gasteiger partial charge in [0, 0.05) is 36.9 Å². The summed E-state index contributed by atoms with van der Waals surface area (Å²) < 4.78 is 0. The van der Waals surface area contributed by atoms with Crippen LogP contribution in [-0.4, -0.2) is 23.9 Å². The van der Waals surface area contributed by atoms with E-state index < -0.39 is 0 Å². The highest BCUT2D eigenvalue weighted by molar-refractivity contribution is 5.77. The van der Waals surface area contributed by atoms with Crippen LogP contribution in [0.3, 0.4) is 0 Å². The number of aryl methyl sites for hydroxylation is 1. The minimum atomic E-state index is 0.264. The molecule has 2 nitrogen and oxygen atoms in total. The summed E-state index contributed by atoms with van der Waals surface area (Å²) in [6, 6.07) is 11.1. The Morgan fingerprint density at radius 2 is 1.87 bits per heavy atom.